The minimum absolute atomic E-state index is 0.103. The van der Waals surface area contributed by atoms with E-state index in [0.717, 1.165) is 4.88 Å². The molecule has 1 aromatic heterocycles. The molecule has 0 spiro atoms. The van der Waals surface area contributed by atoms with Gasteiger partial charge in [-0.1, -0.05) is 29.8 Å². The summed E-state index contributed by atoms with van der Waals surface area (Å²) in [4.78, 5) is 25.0. The van der Waals surface area contributed by atoms with Crippen molar-refractivity contribution in [2.75, 3.05) is 6.61 Å². The Morgan fingerprint density at radius 1 is 1.37 bits per heavy atom. The second kappa shape index (κ2) is 7.94. The van der Waals surface area contributed by atoms with E-state index in [1.165, 1.54) is 11.3 Å². The summed E-state index contributed by atoms with van der Waals surface area (Å²) in [6.07, 6.45) is 0. The predicted molar refractivity (Wildman–Crippen MR) is 105 cm³/mol. The van der Waals surface area contributed by atoms with E-state index in [2.05, 4.69) is 5.32 Å². The lowest BCUT2D eigenvalue weighted by atomic mass is 9.83. The number of nitrogens with one attached hydrogen (secondary N) is 1. The fourth-order valence-electron chi connectivity index (χ4n) is 3.11. The van der Waals surface area contributed by atoms with Crippen LogP contribution < -0.4 is 5.32 Å². The lowest BCUT2D eigenvalue weighted by Crippen LogP contribution is -2.31. The van der Waals surface area contributed by atoms with E-state index in [9.17, 15) is 14.9 Å². The van der Waals surface area contributed by atoms with Gasteiger partial charge in [0.1, 0.15) is 11.6 Å². The van der Waals surface area contributed by atoms with E-state index in [4.69, 9.17) is 16.3 Å². The minimum Gasteiger partial charge on any atom is -0.463 e. The van der Waals surface area contributed by atoms with Gasteiger partial charge in [-0.2, -0.15) is 0 Å². The second-order valence-electron chi connectivity index (χ2n) is 5.87. The number of carbonyl (C=O) groups is 1. The molecule has 0 fully saturated rings. The van der Waals surface area contributed by atoms with Gasteiger partial charge in [-0.25, -0.2) is 4.79 Å². The van der Waals surface area contributed by atoms with Gasteiger partial charge in [-0.3, -0.25) is 10.1 Å². The average molecular weight is 405 g/mol. The summed E-state index contributed by atoms with van der Waals surface area (Å²) in [7, 11) is 0. The van der Waals surface area contributed by atoms with Gasteiger partial charge in [0.2, 0.25) is 0 Å². The third-order valence-electron chi connectivity index (χ3n) is 4.18. The smallest absolute Gasteiger partial charge is 0.336 e. The molecule has 8 heteroatoms. The van der Waals surface area contributed by atoms with E-state index in [1.807, 2.05) is 11.4 Å². The Morgan fingerprint density at radius 2 is 2.15 bits per heavy atom. The van der Waals surface area contributed by atoms with Crippen LogP contribution in [0.2, 0.25) is 5.02 Å². The summed E-state index contributed by atoms with van der Waals surface area (Å²) in [5, 5.41) is 17.4. The van der Waals surface area contributed by atoms with Crippen molar-refractivity contribution in [3.8, 4) is 0 Å². The van der Waals surface area contributed by atoms with Crippen molar-refractivity contribution >= 4 is 34.6 Å². The van der Waals surface area contributed by atoms with Gasteiger partial charge in [-0.05, 0) is 43.0 Å². The molecule has 0 bridgehead atoms. The van der Waals surface area contributed by atoms with Crippen molar-refractivity contribution in [3.63, 3.8) is 0 Å². The summed E-state index contributed by atoms with van der Waals surface area (Å²) in [5.74, 6) is -1.48. The highest BCUT2D eigenvalue weighted by molar-refractivity contribution is 7.11. The van der Waals surface area contributed by atoms with Crippen LogP contribution in [0.5, 0.6) is 0 Å². The van der Waals surface area contributed by atoms with Gasteiger partial charge in [0.05, 0.1) is 22.0 Å². The summed E-state index contributed by atoms with van der Waals surface area (Å²) >= 11 is 7.50. The average Bonchev–Trinajstić information content (AvgIpc) is 3.15. The SMILES string of the molecule is CCOC(=O)C1=C(C)NC(c2cccs2)=C([N+](=O)[O-])C1c1cccc(Cl)c1. The number of nitrogens with zero attached hydrogens (tertiary/aromatic N) is 1. The van der Waals surface area contributed by atoms with E-state index in [0.29, 0.717) is 22.0 Å². The molecule has 6 nitrogen and oxygen atoms in total. The molecule has 27 heavy (non-hydrogen) atoms. The third kappa shape index (κ3) is 3.74. The molecule has 0 saturated carbocycles. The molecule has 1 atom stereocenters. The first-order valence-corrected chi connectivity index (χ1v) is 9.52. The summed E-state index contributed by atoms with van der Waals surface area (Å²) in [5.41, 5.74) is 1.57. The molecule has 140 valence electrons. The second-order valence-corrected chi connectivity index (χ2v) is 7.25. The van der Waals surface area contributed by atoms with Gasteiger partial charge in [0.25, 0.3) is 5.70 Å². The number of esters is 1. The van der Waals surface area contributed by atoms with Crippen molar-refractivity contribution in [1.29, 1.82) is 0 Å². The number of carbonyl (C=O) groups excluding carboxylic acids is 1. The first-order valence-electron chi connectivity index (χ1n) is 8.26. The number of nitro groups is 1. The van der Waals surface area contributed by atoms with Crippen LogP contribution >= 0.6 is 22.9 Å². The highest BCUT2D eigenvalue weighted by Gasteiger charge is 2.42. The minimum atomic E-state index is -0.893. The fourth-order valence-corrected chi connectivity index (χ4v) is 4.05. The number of halogens is 1. The van der Waals surface area contributed by atoms with Crippen LogP contribution in [0.1, 0.15) is 30.2 Å². The van der Waals surface area contributed by atoms with E-state index in [1.54, 1.807) is 44.2 Å². The van der Waals surface area contributed by atoms with Crippen molar-refractivity contribution in [3.05, 3.63) is 84.3 Å². The molecule has 0 radical (unpaired) electrons. The van der Waals surface area contributed by atoms with Gasteiger partial charge < -0.3 is 10.1 Å². The maximum Gasteiger partial charge on any atom is 0.336 e. The van der Waals surface area contributed by atoms with Gasteiger partial charge >= 0.3 is 5.97 Å². The Hall–Kier alpha value is -2.64. The predicted octanol–water partition coefficient (Wildman–Crippen LogP) is 4.57. The number of rotatable bonds is 5. The highest BCUT2D eigenvalue weighted by Crippen LogP contribution is 2.42. The summed E-state index contributed by atoms with van der Waals surface area (Å²) in [6, 6.07) is 10.4. The molecule has 1 aliphatic rings. The number of allylic oxidation sites excluding steroid dienone is 2. The Balaban J connectivity index is 2.27. The Bertz CT molecular complexity index is 950. The molecule has 2 heterocycles. The van der Waals surface area contributed by atoms with E-state index >= 15 is 0 Å². The maximum atomic E-state index is 12.6. The van der Waals surface area contributed by atoms with E-state index < -0.39 is 16.8 Å². The van der Waals surface area contributed by atoms with Crippen molar-refractivity contribution in [2.45, 2.75) is 19.8 Å². The molecular weight excluding hydrogens is 388 g/mol. The van der Waals surface area contributed by atoms with E-state index in [-0.39, 0.29) is 17.9 Å². The quantitative estimate of drug-likeness (QED) is 0.448. The number of thiophene rings is 1. The van der Waals surface area contributed by atoms with Crippen molar-refractivity contribution in [1.82, 2.24) is 5.32 Å². The largest absolute Gasteiger partial charge is 0.463 e. The van der Waals surface area contributed by atoms with Crippen molar-refractivity contribution in [2.24, 2.45) is 0 Å². The molecule has 1 unspecified atom stereocenters. The monoisotopic (exact) mass is 404 g/mol. The zero-order valence-corrected chi connectivity index (χ0v) is 16.3. The van der Waals surface area contributed by atoms with Gasteiger partial charge in [0.15, 0.2) is 0 Å². The zero-order chi connectivity index (χ0) is 19.6. The number of benzene rings is 1. The molecule has 0 amide bonds. The topological polar surface area (TPSA) is 81.5 Å². The molecule has 1 N–H and O–H groups in total. The van der Waals surface area contributed by atoms with Crippen molar-refractivity contribution < 1.29 is 14.5 Å². The van der Waals surface area contributed by atoms with Gasteiger partial charge in [0, 0.05) is 10.7 Å². The van der Waals surface area contributed by atoms with Crippen LogP contribution in [0.25, 0.3) is 5.70 Å². The highest BCUT2D eigenvalue weighted by atomic mass is 35.5. The zero-order valence-electron chi connectivity index (χ0n) is 14.7. The van der Waals surface area contributed by atoms with Crippen LogP contribution in [0, 0.1) is 10.1 Å². The lowest BCUT2D eigenvalue weighted by Gasteiger charge is -2.27. The molecule has 0 aliphatic carbocycles. The van der Waals surface area contributed by atoms with Crippen LogP contribution in [-0.2, 0) is 9.53 Å². The normalized spacial score (nSPS) is 16.9. The third-order valence-corrected chi connectivity index (χ3v) is 5.30. The first kappa shape index (κ1) is 19.1. The number of hydrogen-bond donors (Lipinski definition) is 1. The lowest BCUT2D eigenvalue weighted by molar-refractivity contribution is -0.428. The fraction of sp³-hybridized carbons (Fsp3) is 0.211. The Kier molecular flexibility index (Phi) is 5.62. The first-order chi connectivity index (χ1) is 12.9. The summed E-state index contributed by atoms with van der Waals surface area (Å²) < 4.78 is 5.18. The number of hydrogen-bond acceptors (Lipinski definition) is 6. The summed E-state index contributed by atoms with van der Waals surface area (Å²) in [6.45, 7) is 3.58. The molecular formula is C19H17ClN2O4S. The Labute approximate surface area is 165 Å². The molecule has 1 aliphatic heterocycles. The van der Waals surface area contributed by atoms with Gasteiger partial charge in [-0.15, -0.1) is 11.3 Å². The maximum absolute atomic E-state index is 12.6. The molecule has 1 aromatic carbocycles. The number of ether oxygens (including phenoxy) is 1. The van der Waals surface area contributed by atoms with Crippen LogP contribution in [0.3, 0.4) is 0 Å². The molecule has 3 rings (SSSR count). The standard InChI is InChI=1S/C19H17ClN2O4S/c1-3-26-19(23)15-11(2)21-17(14-8-5-9-27-14)18(22(24)25)16(15)12-6-4-7-13(20)10-12/h4-10,16,21H,3H2,1-2H3. The van der Waals surface area contributed by atoms with Crippen LogP contribution in [0.15, 0.2) is 58.7 Å². The number of dihydropyridines is 1. The molecule has 0 saturated heterocycles. The van der Waals surface area contributed by atoms with Crippen LogP contribution in [-0.4, -0.2) is 17.5 Å². The van der Waals surface area contributed by atoms with Crippen LogP contribution in [0.4, 0.5) is 0 Å². The molecule has 2 aromatic rings. The Morgan fingerprint density at radius 3 is 2.74 bits per heavy atom.